The fourth-order valence-electron chi connectivity index (χ4n) is 2.51. The Balaban J connectivity index is 1.60. The Morgan fingerprint density at radius 3 is 2.56 bits per heavy atom. The number of carbonyl (C=O) groups excluding carboxylic acids is 1. The van der Waals surface area contributed by atoms with E-state index < -0.39 is 11.5 Å². The highest BCUT2D eigenvalue weighted by molar-refractivity contribution is 5.88. The van der Waals surface area contributed by atoms with E-state index in [0.717, 1.165) is 15.1 Å². The van der Waals surface area contributed by atoms with Crippen molar-refractivity contribution in [2.24, 2.45) is 0 Å². The van der Waals surface area contributed by atoms with Gasteiger partial charge in [0.05, 0.1) is 0 Å². The third-order valence-corrected chi connectivity index (χ3v) is 3.82. The number of benzene rings is 2. The van der Waals surface area contributed by atoms with Gasteiger partial charge in [0, 0.05) is 6.07 Å². The zero-order chi connectivity index (χ0) is 18.6. The van der Waals surface area contributed by atoms with Crippen molar-refractivity contribution in [2.75, 3.05) is 0 Å². The van der Waals surface area contributed by atoms with E-state index in [9.17, 15) is 9.59 Å². The number of nitrogens with zero attached hydrogens (tertiary/aromatic N) is 4. The third kappa shape index (κ3) is 3.40. The average molecular weight is 362 g/mol. The number of hydrogen-bond acceptors (Lipinski definition) is 6. The molecule has 0 radical (unpaired) electrons. The van der Waals surface area contributed by atoms with Crippen LogP contribution < -0.4 is 15.2 Å². The lowest BCUT2D eigenvalue weighted by atomic mass is 10.2. The molecule has 0 saturated carbocycles. The van der Waals surface area contributed by atoms with Crippen LogP contribution >= 0.6 is 0 Å². The fourth-order valence-corrected chi connectivity index (χ4v) is 2.51. The van der Waals surface area contributed by atoms with Gasteiger partial charge in [0.2, 0.25) is 0 Å². The Hall–Kier alpha value is -3.94. The van der Waals surface area contributed by atoms with E-state index in [-0.39, 0.29) is 12.3 Å². The first-order chi connectivity index (χ1) is 13.2. The van der Waals surface area contributed by atoms with Crippen molar-refractivity contribution in [3.8, 4) is 0 Å². The molecule has 2 aromatic heterocycles. The zero-order valence-corrected chi connectivity index (χ0v) is 14.1. The first kappa shape index (κ1) is 16.5. The molecule has 134 valence electrons. The first-order valence-corrected chi connectivity index (χ1v) is 8.15. The minimum atomic E-state index is -0.795. The van der Waals surface area contributed by atoms with E-state index in [2.05, 4.69) is 10.3 Å². The van der Waals surface area contributed by atoms with Crippen molar-refractivity contribution in [1.29, 1.82) is 0 Å². The number of fused-ring (bicyclic) bond motifs is 1. The van der Waals surface area contributed by atoms with Crippen molar-refractivity contribution >= 4 is 17.0 Å². The summed E-state index contributed by atoms with van der Waals surface area (Å²) in [6.45, 7) is 0.122. The predicted molar refractivity (Wildman–Crippen MR) is 95.9 cm³/mol. The maximum Gasteiger partial charge on any atom is 0.385 e. The molecule has 0 atom stereocenters. The van der Waals surface area contributed by atoms with Crippen LogP contribution in [-0.4, -0.2) is 25.9 Å². The van der Waals surface area contributed by atoms with Crippen LogP contribution in [0.3, 0.4) is 0 Å². The Morgan fingerprint density at radius 1 is 0.926 bits per heavy atom. The Kier molecular flexibility index (Phi) is 4.36. The summed E-state index contributed by atoms with van der Waals surface area (Å²) in [6.07, 6.45) is 0. The van der Waals surface area contributed by atoms with E-state index in [1.54, 1.807) is 24.3 Å². The van der Waals surface area contributed by atoms with Crippen molar-refractivity contribution < 1.29 is 14.5 Å². The Labute approximate surface area is 153 Å². The molecule has 27 heavy (non-hydrogen) atoms. The summed E-state index contributed by atoms with van der Waals surface area (Å²) in [5, 5.41) is 7.72. The number of aromatic nitrogens is 4. The van der Waals surface area contributed by atoms with Gasteiger partial charge in [-0.1, -0.05) is 53.4 Å². The molecule has 4 rings (SSSR count). The van der Waals surface area contributed by atoms with Crippen LogP contribution in [0.25, 0.3) is 11.0 Å². The van der Waals surface area contributed by atoms with E-state index in [0.29, 0.717) is 11.0 Å². The monoisotopic (exact) mass is 362 g/mol. The molecular formula is C19H14N4O4. The smallest absolute Gasteiger partial charge is 0.385 e. The molecule has 0 aliphatic heterocycles. The highest BCUT2D eigenvalue weighted by Gasteiger charge is 2.18. The Bertz CT molecular complexity index is 1150. The summed E-state index contributed by atoms with van der Waals surface area (Å²) >= 11 is 0. The van der Waals surface area contributed by atoms with Crippen molar-refractivity contribution in [3.05, 3.63) is 94.4 Å². The average Bonchev–Trinajstić information content (AvgIpc) is 3.10. The minimum Gasteiger partial charge on any atom is -0.405 e. The first-order valence-electron chi connectivity index (χ1n) is 8.15. The van der Waals surface area contributed by atoms with Gasteiger partial charge >= 0.3 is 5.97 Å². The van der Waals surface area contributed by atoms with Gasteiger partial charge in [-0.15, -0.1) is 9.83 Å². The molecule has 0 unspecified atom stereocenters. The molecule has 4 aromatic rings. The summed E-state index contributed by atoms with van der Waals surface area (Å²) in [5.74, 6) is -0.795. The molecule has 0 N–H and O–H groups in total. The molecule has 0 amide bonds. The maximum absolute atomic E-state index is 12.6. The van der Waals surface area contributed by atoms with Crippen molar-refractivity contribution in [1.82, 2.24) is 19.9 Å². The van der Waals surface area contributed by atoms with Gasteiger partial charge in [0.1, 0.15) is 17.6 Å². The minimum absolute atomic E-state index is 0.0574. The van der Waals surface area contributed by atoms with Gasteiger partial charge in [-0.05, 0) is 29.0 Å². The lowest BCUT2D eigenvalue weighted by molar-refractivity contribution is 0.0302. The number of rotatable bonds is 5. The molecule has 2 aromatic carbocycles. The second-order valence-electron chi connectivity index (χ2n) is 5.63. The number of hydrogen-bond donors (Lipinski definition) is 0. The van der Waals surface area contributed by atoms with Crippen molar-refractivity contribution in [2.45, 2.75) is 6.61 Å². The summed E-state index contributed by atoms with van der Waals surface area (Å²) in [5.41, 5.74) is 1.42. The van der Waals surface area contributed by atoms with Crippen LogP contribution in [0.2, 0.25) is 0 Å². The molecule has 0 bridgehead atoms. The standard InChI is InChI=1S/C19H14N4O4/c24-18-12-6-11-17(22(18)26-13-14-7-2-1-3-8-14)19(25)27-23-16-10-5-4-9-15(16)20-21-23/h1-12H,13H2. The van der Waals surface area contributed by atoms with Crippen LogP contribution in [0.5, 0.6) is 0 Å². The number of para-hydroxylation sites is 1. The van der Waals surface area contributed by atoms with Gasteiger partial charge < -0.3 is 9.68 Å². The second-order valence-corrected chi connectivity index (χ2v) is 5.63. The van der Waals surface area contributed by atoms with Crippen LogP contribution in [0.4, 0.5) is 0 Å². The molecule has 8 nitrogen and oxygen atoms in total. The molecule has 8 heteroatoms. The molecule has 0 aliphatic carbocycles. The fraction of sp³-hybridized carbons (Fsp3) is 0.0526. The van der Waals surface area contributed by atoms with Crippen molar-refractivity contribution in [3.63, 3.8) is 0 Å². The third-order valence-electron chi connectivity index (χ3n) is 3.82. The molecular weight excluding hydrogens is 348 g/mol. The van der Waals surface area contributed by atoms with Crippen LogP contribution in [0, 0.1) is 0 Å². The number of pyridine rings is 1. The van der Waals surface area contributed by atoms with Crippen LogP contribution in [0.1, 0.15) is 16.1 Å². The summed E-state index contributed by atoms with van der Waals surface area (Å²) in [6, 6.07) is 20.5. The van der Waals surface area contributed by atoms with Gasteiger partial charge in [0.15, 0.2) is 5.69 Å². The number of carbonyl (C=O) groups is 1. The van der Waals surface area contributed by atoms with E-state index >= 15 is 0 Å². The predicted octanol–water partition coefficient (Wildman–Crippen LogP) is 1.49. The van der Waals surface area contributed by atoms with Gasteiger partial charge in [0.25, 0.3) is 5.56 Å². The SMILES string of the molecule is O=C(On1nnc2ccccc21)c1cccc(=O)n1OCc1ccccc1. The summed E-state index contributed by atoms with van der Waals surface area (Å²) < 4.78 is 0.911. The zero-order valence-electron chi connectivity index (χ0n) is 14.1. The van der Waals surface area contributed by atoms with Gasteiger partial charge in [-0.25, -0.2) is 4.79 Å². The lowest BCUT2D eigenvalue weighted by Crippen LogP contribution is -2.34. The second kappa shape index (κ2) is 7.12. The topological polar surface area (TPSA) is 88.2 Å². The van der Waals surface area contributed by atoms with Crippen LogP contribution in [-0.2, 0) is 6.61 Å². The molecule has 0 aliphatic rings. The Morgan fingerprint density at radius 2 is 1.70 bits per heavy atom. The molecule has 0 fully saturated rings. The quantitative estimate of drug-likeness (QED) is 0.500. The highest BCUT2D eigenvalue weighted by Crippen LogP contribution is 2.09. The lowest BCUT2D eigenvalue weighted by Gasteiger charge is -2.12. The summed E-state index contributed by atoms with van der Waals surface area (Å²) in [7, 11) is 0. The molecule has 0 saturated heterocycles. The highest BCUT2D eigenvalue weighted by atomic mass is 16.7. The van der Waals surface area contributed by atoms with E-state index in [1.165, 1.54) is 18.2 Å². The maximum atomic E-state index is 12.6. The molecule has 2 heterocycles. The largest absolute Gasteiger partial charge is 0.405 e. The normalized spacial score (nSPS) is 10.7. The van der Waals surface area contributed by atoms with Gasteiger partial charge in [-0.3, -0.25) is 4.79 Å². The summed E-state index contributed by atoms with van der Waals surface area (Å²) in [4.78, 5) is 36.6. The molecule has 0 spiro atoms. The van der Waals surface area contributed by atoms with E-state index in [4.69, 9.17) is 9.68 Å². The van der Waals surface area contributed by atoms with Gasteiger partial charge in [-0.2, -0.15) is 0 Å². The van der Waals surface area contributed by atoms with E-state index in [1.807, 2.05) is 30.3 Å². The van der Waals surface area contributed by atoms with Crippen LogP contribution in [0.15, 0.2) is 77.6 Å².